The summed E-state index contributed by atoms with van der Waals surface area (Å²) in [7, 11) is 0. The van der Waals surface area contributed by atoms with Crippen LogP contribution < -0.4 is 4.74 Å². The van der Waals surface area contributed by atoms with Crippen molar-refractivity contribution in [3.63, 3.8) is 0 Å². The van der Waals surface area contributed by atoms with Gasteiger partial charge in [0.25, 0.3) is 0 Å². The van der Waals surface area contributed by atoms with Crippen LogP contribution in [0.25, 0.3) is 0 Å². The summed E-state index contributed by atoms with van der Waals surface area (Å²) in [4.78, 5) is 10.5. The Hall–Kier alpha value is -1.35. The molecule has 1 rings (SSSR count). The molecule has 1 unspecified atom stereocenters. The van der Waals surface area contributed by atoms with Crippen molar-refractivity contribution >= 4 is 6.29 Å². The highest BCUT2D eigenvalue weighted by Crippen LogP contribution is 2.32. The lowest BCUT2D eigenvalue weighted by molar-refractivity contribution is -0.112. The molecule has 1 aromatic rings. The molecular weight excluding hydrogens is 204 g/mol. The molecule has 0 fully saturated rings. The Bertz CT molecular complexity index is 356. The van der Waals surface area contributed by atoms with Crippen LogP contribution in [0, 0.1) is 0 Å². The van der Waals surface area contributed by atoms with E-state index in [1.54, 1.807) is 19.1 Å². The molecule has 0 aliphatic carbocycles. The summed E-state index contributed by atoms with van der Waals surface area (Å²) >= 11 is 0. The van der Waals surface area contributed by atoms with Crippen LogP contribution in [-0.2, 0) is 10.4 Å². The maximum Gasteiger partial charge on any atom is 0.125 e. The van der Waals surface area contributed by atoms with Gasteiger partial charge in [0.2, 0.25) is 0 Å². The van der Waals surface area contributed by atoms with Gasteiger partial charge in [-0.2, -0.15) is 0 Å². The smallest absolute Gasteiger partial charge is 0.125 e. The summed E-state index contributed by atoms with van der Waals surface area (Å²) in [5.74, 6) is 0.629. The Kier molecular flexibility index (Phi) is 4.07. The summed E-state index contributed by atoms with van der Waals surface area (Å²) in [5, 5.41) is 10.2. The monoisotopic (exact) mass is 222 g/mol. The highest BCUT2D eigenvalue weighted by atomic mass is 16.5. The number of ether oxygens (including phenoxy) is 1. The lowest BCUT2D eigenvalue weighted by Crippen LogP contribution is -2.23. The number of aliphatic hydroxyl groups is 1. The van der Waals surface area contributed by atoms with Gasteiger partial charge in [-0.15, -0.1) is 0 Å². The molecule has 0 saturated carbocycles. The molecule has 16 heavy (non-hydrogen) atoms. The van der Waals surface area contributed by atoms with Crippen molar-refractivity contribution in [3.8, 4) is 5.75 Å². The minimum atomic E-state index is -1.17. The number of para-hydroxylation sites is 1. The van der Waals surface area contributed by atoms with Crippen LogP contribution in [0.15, 0.2) is 24.3 Å². The summed E-state index contributed by atoms with van der Waals surface area (Å²) in [6, 6.07) is 7.25. The molecule has 0 amide bonds. The summed E-state index contributed by atoms with van der Waals surface area (Å²) in [6.07, 6.45) is 0.811. The first-order valence-corrected chi connectivity index (χ1v) is 5.39. The molecule has 3 heteroatoms. The third-order valence-electron chi connectivity index (χ3n) is 2.31. The second kappa shape index (κ2) is 5.12. The van der Waals surface area contributed by atoms with Crippen molar-refractivity contribution in [1.82, 2.24) is 0 Å². The molecule has 3 nitrogen and oxygen atoms in total. The predicted molar refractivity (Wildman–Crippen MR) is 62.5 cm³/mol. The highest BCUT2D eigenvalue weighted by molar-refractivity contribution is 5.53. The van der Waals surface area contributed by atoms with E-state index in [0.717, 1.165) is 0 Å². The number of carbonyl (C=O) groups excluding carboxylic acids is 1. The number of aldehydes is 1. The van der Waals surface area contributed by atoms with Gasteiger partial charge in [-0.1, -0.05) is 18.2 Å². The quantitative estimate of drug-likeness (QED) is 0.777. The number of carbonyl (C=O) groups is 1. The third-order valence-corrected chi connectivity index (χ3v) is 2.31. The zero-order valence-corrected chi connectivity index (χ0v) is 9.93. The summed E-state index contributed by atoms with van der Waals surface area (Å²) < 4.78 is 5.60. The maximum absolute atomic E-state index is 10.5. The number of benzene rings is 1. The largest absolute Gasteiger partial charge is 0.491 e. The average Bonchev–Trinajstić information content (AvgIpc) is 2.17. The van der Waals surface area contributed by atoms with Gasteiger partial charge in [-0.25, -0.2) is 0 Å². The first kappa shape index (κ1) is 12.7. The minimum absolute atomic E-state index is 0.0354. The van der Waals surface area contributed by atoms with Gasteiger partial charge in [0.05, 0.1) is 11.7 Å². The van der Waals surface area contributed by atoms with E-state index in [9.17, 15) is 9.90 Å². The molecule has 0 radical (unpaired) electrons. The second-order valence-corrected chi connectivity index (χ2v) is 4.31. The maximum atomic E-state index is 10.5. The van der Waals surface area contributed by atoms with Crippen LogP contribution in [-0.4, -0.2) is 17.5 Å². The molecule has 88 valence electrons. The van der Waals surface area contributed by atoms with Crippen LogP contribution in [0.1, 0.15) is 32.8 Å². The SMILES string of the molecule is CC(C)Oc1ccccc1C(C)(O)CC=O. The molecule has 0 saturated heterocycles. The number of rotatable bonds is 5. The van der Waals surface area contributed by atoms with E-state index in [1.807, 2.05) is 26.0 Å². The van der Waals surface area contributed by atoms with Gasteiger partial charge in [-0.3, -0.25) is 0 Å². The molecule has 1 aromatic carbocycles. The molecule has 0 spiro atoms. The highest BCUT2D eigenvalue weighted by Gasteiger charge is 2.26. The lowest BCUT2D eigenvalue weighted by atomic mass is 9.92. The molecule has 0 heterocycles. The van der Waals surface area contributed by atoms with Crippen molar-refractivity contribution in [1.29, 1.82) is 0 Å². The first-order chi connectivity index (χ1) is 7.47. The molecule has 0 aromatic heterocycles. The third kappa shape index (κ3) is 3.07. The van der Waals surface area contributed by atoms with Crippen molar-refractivity contribution in [2.24, 2.45) is 0 Å². The van der Waals surface area contributed by atoms with E-state index in [2.05, 4.69) is 0 Å². The van der Waals surface area contributed by atoms with Gasteiger partial charge in [0.1, 0.15) is 12.0 Å². The van der Waals surface area contributed by atoms with Crippen LogP contribution >= 0.6 is 0 Å². The van der Waals surface area contributed by atoms with Crippen LogP contribution in [0.4, 0.5) is 0 Å². The van der Waals surface area contributed by atoms with Gasteiger partial charge in [0.15, 0.2) is 0 Å². The summed E-state index contributed by atoms with van der Waals surface area (Å²) in [5.41, 5.74) is -0.524. The second-order valence-electron chi connectivity index (χ2n) is 4.31. The van der Waals surface area contributed by atoms with Crippen molar-refractivity contribution < 1.29 is 14.6 Å². The van der Waals surface area contributed by atoms with Crippen LogP contribution in [0.3, 0.4) is 0 Å². The van der Waals surface area contributed by atoms with E-state index < -0.39 is 5.60 Å². The molecular formula is C13H18O3. The molecule has 0 aliphatic rings. The van der Waals surface area contributed by atoms with Crippen molar-refractivity contribution in [2.45, 2.75) is 38.9 Å². The molecule has 0 aliphatic heterocycles. The van der Waals surface area contributed by atoms with E-state index in [-0.39, 0.29) is 12.5 Å². The normalized spacial score (nSPS) is 14.6. The van der Waals surface area contributed by atoms with Crippen LogP contribution in [0.2, 0.25) is 0 Å². The molecule has 1 atom stereocenters. The fraction of sp³-hybridized carbons (Fsp3) is 0.462. The first-order valence-electron chi connectivity index (χ1n) is 5.39. The van der Waals surface area contributed by atoms with Gasteiger partial charge in [0, 0.05) is 12.0 Å². The van der Waals surface area contributed by atoms with Gasteiger partial charge >= 0.3 is 0 Å². The lowest BCUT2D eigenvalue weighted by Gasteiger charge is -2.25. The topological polar surface area (TPSA) is 46.5 Å². The van der Waals surface area contributed by atoms with E-state index >= 15 is 0 Å². The van der Waals surface area contributed by atoms with Crippen molar-refractivity contribution in [3.05, 3.63) is 29.8 Å². The van der Waals surface area contributed by atoms with Crippen LogP contribution in [0.5, 0.6) is 5.75 Å². The van der Waals surface area contributed by atoms with Gasteiger partial charge < -0.3 is 14.6 Å². The van der Waals surface area contributed by atoms with E-state index in [0.29, 0.717) is 17.6 Å². The minimum Gasteiger partial charge on any atom is -0.491 e. The zero-order chi connectivity index (χ0) is 12.2. The number of hydrogen-bond donors (Lipinski definition) is 1. The fourth-order valence-corrected chi connectivity index (χ4v) is 1.54. The predicted octanol–water partition coefficient (Wildman–Crippen LogP) is 2.27. The Morgan fingerprint density at radius 2 is 2.06 bits per heavy atom. The fourth-order valence-electron chi connectivity index (χ4n) is 1.54. The van der Waals surface area contributed by atoms with E-state index in [4.69, 9.17) is 4.74 Å². The van der Waals surface area contributed by atoms with E-state index in [1.165, 1.54) is 0 Å². The zero-order valence-electron chi connectivity index (χ0n) is 9.93. The molecule has 1 N–H and O–H groups in total. The van der Waals surface area contributed by atoms with Crippen molar-refractivity contribution in [2.75, 3.05) is 0 Å². The summed E-state index contributed by atoms with van der Waals surface area (Å²) in [6.45, 7) is 5.46. The Labute approximate surface area is 96.1 Å². The molecule has 0 bridgehead atoms. The number of hydrogen-bond acceptors (Lipinski definition) is 3. The standard InChI is InChI=1S/C13H18O3/c1-10(2)16-12-7-5-4-6-11(12)13(3,15)8-9-14/h4-7,9-10,15H,8H2,1-3H3. The Morgan fingerprint density at radius 3 is 2.62 bits per heavy atom. The average molecular weight is 222 g/mol. The van der Waals surface area contributed by atoms with Gasteiger partial charge in [-0.05, 0) is 26.8 Å². The Balaban J connectivity index is 3.06. The Morgan fingerprint density at radius 1 is 1.44 bits per heavy atom.